The molecule has 1 saturated heterocycles. The highest BCUT2D eigenvalue weighted by Gasteiger charge is 2.38. The van der Waals surface area contributed by atoms with Gasteiger partial charge >= 0.3 is 0 Å². The zero-order valence-electron chi connectivity index (χ0n) is 6.24. The van der Waals surface area contributed by atoms with E-state index in [9.17, 15) is 0 Å². The van der Waals surface area contributed by atoms with Gasteiger partial charge in [-0.3, -0.25) is 0 Å². The van der Waals surface area contributed by atoms with Crippen LogP contribution in [0, 0.1) is 0 Å². The molecule has 6 heteroatoms. The van der Waals surface area contributed by atoms with E-state index in [1.807, 2.05) is 0 Å². The van der Waals surface area contributed by atoms with Crippen LogP contribution in [0.3, 0.4) is 0 Å². The second kappa shape index (κ2) is 3.65. The zero-order valence-corrected chi connectivity index (χ0v) is 6.24. The third-order valence-corrected chi connectivity index (χ3v) is 1.82. The highest BCUT2D eigenvalue weighted by Crippen LogP contribution is 2.14. The van der Waals surface area contributed by atoms with Crippen LogP contribution >= 0.6 is 0 Å². The van der Waals surface area contributed by atoms with Crippen LogP contribution < -0.4 is 0 Å². The second-order valence-electron chi connectivity index (χ2n) is 2.76. The predicted octanol–water partition coefficient (Wildman–Crippen LogP) is -3.22. The van der Waals surface area contributed by atoms with E-state index >= 15 is 0 Å². The number of hydrogen-bond donors (Lipinski definition) is 5. The van der Waals surface area contributed by atoms with E-state index in [0.717, 1.165) is 0 Å². The first-order valence-electron chi connectivity index (χ1n) is 3.56. The summed E-state index contributed by atoms with van der Waals surface area (Å²) in [6.45, 7) is -0.323. The minimum atomic E-state index is -1.60. The van der Waals surface area contributed by atoms with E-state index in [2.05, 4.69) is 4.74 Å². The normalized spacial score (nSPS) is 50.2. The third-order valence-electron chi connectivity index (χ3n) is 1.82. The molecule has 1 aliphatic heterocycles. The summed E-state index contributed by atoms with van der Waals surface area (Å²) in [6.07, 6.45) is -7.58. The summed E-state index contributed by atoms with van der Waals surface area (Å²) in [5, 5.41) is 45.1. The monoisotopic (exact) mass is 180 g/mol. The first kappa shape index (κ1) is 9.85. The van der Waals surface area contributed by atoms with Gasteiger partial charge in [0.1, 0.15) is 24.4 Å². The highest BCUT2D eigenvalue weighted by molar-refractivity contribution is 4.85. The van der Waals surface area contributed by atoms with Gasteiger partial charge in [0.15, 0.2) is 6.29 Å². The molecule has 1 rings (SSSR count). The second-order valence-corrected chi connectivity index (χ2v) is 2.76. The van der Waals surface area contributed by atoms with Crippen molar-refractivity contribution in [3.8, 4) is 0 Å². The molecule has 0 radical (unpaired) electrons. The van der Waals surface area contributed by atoms with Crippen LogP contribution in [0.5, 0.6) is 0 Å². The summed E-state index contributed by atoms with van der Waals surface area (Å²) in [4.78, 5) is 0. The molecular formula is C6H12O6. The van der Waals surface area contributed by atoms with Crippen LogP contribution in [-0.2, 0) is 4.74 Å². The molecule has 6 nitrogen and oxygen atoms in total. The molecule has 1 fully saturated rings. The van der Waals surface area contributed by atoms with Crippen LogP contribution in [0.2, 0.25) is 0 Å². The standard InChI is InChI=1S/C6H12O6/c7-2-1-12-6(11)5(10)4(9)3(2)8/h2-11H,1H2/t2-,3+,4-,5-,6?/m1/s1. The van der Waals surface area contributed by atoms with Crippen molar-refractivity contribution in [2.24, 2.45) is 0 Å². The fourth-order valence-electron chi connectivity index (χ4n) is 0.993. The van der Waals surface area contributed by atoms with Gasteiger partial charge in [-0.05, 0) is 0 Å². The van der Waals surface area contributed by atoms with Gasteiger partial charge in [-0.25, -0.2) is 0 Å². The molecule has 0 saturated carbocycles. The Bertz CT molecular complexity index is 135. The molecule has 5 atom stereocenters. The van der Waals surface area contributed by atoms with Crippen molar-refractivity contribution in [3.63, 3.8) is 0 Å². The van der Waals surface area contributed by atoms with Crippen molar-refractivity contribution < 1.29 is 30.3 Å². The maximum absolute atomic E-state index is 9.07. The van der Waals surface area contributed by atoms with E-state index in [4.69, 9.17) is 25.5 Å². The van der Waals surface area contributed by atoms with E-state index < -0.39 is 30.7 Å². The van der Waals surface area contributed by atoms with E-state index in [1.165, 1.54) is 0 Å². The largest absolute Gasteiger partial charge is 0.388 e. The third kappa shape index (κ3) is 1.74. The zero-order chi connectivity index (χ0) is 9.30. The molecule has 0 bridgehead atoms. The molecule has 0 aromatic heterocycles. The summed E-state index contributed by atoms with van der Waals surface area (Å²) in [5.41, 5.74) is 0. The lowest BCUT2D eigenvalue weighted by atomic mass is 10.0. The maximum atomic E-state index is 9.07. The summed E-state index contributed by atoms with van der Waals surface area (Å²) < 4.78 is 4.50. The van der Waals surface area contributed by atoms with Gasteiger partial charge in [-0.1, -0.05) is 0 Å². The van der Waals surface area contributed by atoms with Crippen molar-refractivity contribution in [1.82, 2.24) is 0 Å². The molecule has 0 aliphatic carbocycles. The van der Waals surface area contributed by atoms with Gasteiger partial charge in [-0.2, -0.15) is 0 Å². The first-order chi connectivity index (χ1) is 5.54. The van der Waals surface area contributed by atoms with Gasteiger partial charge < -0.3 is 30.3 Å². The van der Waals surface area contributed by atoms with E-state index in [0.29, 0.717) is 0 Å². The first-order valence-corrected chi connectivity index (χ1v) is 3.56. The van der Waals surface area contributed by atoms with Crippen molar-refractivity contribution >= 4 is 0 Å². The molecular weight excluding hydrogens is 168 g/mol. The summed E-state index contributed by atoms with van der Waals surface area (Å²) in [5.74, 6) is 0. The molecule has 1 unspecified atom stereocenters. The van der Waals surface area contributed by atoms with Crippen LogP contribution in [0.25, 0.3) is 0 Å². The Morgan fingerprint density at radius 2 is 1.42 bits per heavy atom. The molecule has 0 amide bonds. The minimum absolute atomic E-state index is 0.323. The molecule has 0 aromatic rings. The number of hydrogen-bond acceptors (Lipinski definition) is 6. The van der Waals surface area contributed by atoms with Crippen molar-refractivity contribution in [2.45, 2.75) is 30.7 Å². The maximum Gasteiger partial charge on any atom is 0.183 e. The Kier molecular flexibility index (Phi) is 2.99. The van der Waals surface area contributed by atoms with Gasteiger partial charge in [0.25, 0.3) is 0 Å². The summed E-state index contributed by atoms with van der Waals surface area (Å²) in [7, 11) is 0. The fourth-order valence-corrected chi connectivity index (χ4v) is 0.993. The lowest BCUT2D eigenvalue weighted by molar-refractivity contribution is -0.181. The lowest BCUT2D eigenvalue weighted by Crippen LogP contribution is -2.46. The minimum Gasteiger partial charge on any atom is -0.388 e. The van der Waals surface area contributed by atoms with Gasteiger partial charge in [0.2, 0.25) is 0 Å². The van der Waals surface area contributed by atoms with Crippen LogP contribution in [0.4, 0.5) is 0 Å². The molecule has 72 valence electrons. The SMILES string of the molecule is OC1OC[C@@H](O)[C@H](O)[C@@H](O)[C@H]1O. The molecule has 1 heterocycles. The Balaban J connectivity index is 2.68. The van der Waals surface area contributed by atoms with Crippen LogP contribution in [-0.4, -0.2) is 62.8 Å². The molecule has 0 spiro atoms. The van der Waals surface area contributed by atoms with Gasteiger partial charge in [0.05, 0.1) is 6.61 Å². The smallest absolute Gasteiger partial charge is 0.183 e. The molecule has 5 N–H and O–H groups in total. The molecule has 12 heavy (non-hydrogen) atoms. The summed E-state index contributed by atoms with van der Waals surface area (Å²) in [6, 6.07) is 0. The topological polar surface area (TPSA) is 110 Å². The number of rotatable bonds is 0. The van der Waals surface area contributed by atoms with Crippen molar-refractivity contribution in [1.29, 1.82) is 0 Å². The Hall–Kier alpha value is -0.240. The quantitative estimate of drug-likeness (QED) is 0.268. The average Bonchev–Trinajstić information content (AvgIpc) is 2.14. The Morgan fingerprint density at radius 1 is 0.833 bits per heavy atom. The van der Waals surface area contributed by atoms with Crippen molar-refractivity contribution in [2.75, 3.05) is 6.61 Å². The number of ether oxygens (including phenoxy) is 1. The van der Waals surface area contributed by atoms with Crippen LogP contribution in [0.15, 0.2) is 0 Å². The van der Waals surface area contributed by atoms with E-state index in [1.54, 1.807) is 0 Å². The van der Waals surface area contributed by atoms with Gasteiger partial charge in [-0.15, -0.1) is 0 Å². The average molecular weight is 180 g/mol. The summed E-state index contributed by atoms with van der Waals surface area (Å²) >= 11 is 0. The van der Waals surface area contributed by atoms with Crippen LogP contribution in [0.1, 0.15) is 0 Å². The number of aliphatic hydroxyl groups excluding tert-OH is 5. The molecule has 0 aromatic carbocycles. The Morgan fingerprint density at radius 3 is 2.00 bits per heavy atom. The van der Waals surface area contributed by atoms with E-state index in [-0.39, 0.29) is 6.61 Å². The van der Waals surface area contributed by atoms with Crippen molar-refractivity contribution in [3.05, 3.63) is 0 Å². The number of aliphatic hydroxyl groups is 5. The highest BCUT2D eigenvalue weighted by atomic mass is 16.6. The Labute approximate surface area is 68.6 Å². The predicted molar refractivity (Wildman–Crippen MR) is 36.0 cm³/mol. The van der Waals surface area contributed by atoms with Gasteiger partial charge in [0, 0.05) is 0 Å². The lowest BCUT2D eigenvalue weighted by Gasteiger charge is -2.22. The fraction of sp³-hybridized carbons (Fsp3) is 1.00. The molecule has 1 aliphatic rings.